The van der Waals surface area contributed by atoms with Crippen LogP contribution in [0, 0.1) is 5.82 Å². The Morgan fingerprint density at radius 3 is 2.72 bits per heavy atom. The van der Waals surface area contributed by atoms with E-state index in [2.05, 4.69) is 6.58 Å². The molecule has 0 fully saturated rings. The highest BCUT2D eigenvalue weighted by Crippen LogP contribution is 2.15. The van der Waals surface area contributed by atoms with E-state index in [0.29, 0.717) is 0 Å². The lowest BCUT2D eigenvalue weighted by molar-refractivity contribution is -0.142. The summed E-state index contributed by atoms with van der Waals surface area (Å²) in [6.45, 7) is 4.52. The molecule has 0 aliphatic rings. The maximum Gasteiger partial charge on any atom is 0.333 e. The first-order valence-corrected chi connectivity index (χ1v) is 5.38. The van der Waals surface area contributed by atoms with Crippen molar-refractivity contribution in [1.82, 2.24) is 0 Å². The van der Waals surface area contributed by atoms with Gasteiger partial charge in [-0.05, 0) is 19.1 Å². The Labute approximate surface area is 105 Å². The van der Waals surface area contributed by atoms with Crippen LogP contribution in [0.4, 0.5) is 4.39 Å². The van der Waals surface area contributed by atoms with E-state index in [1.807, 2.05) is 0 Å². The summed E-state index contributed by atoms with van der Waals surface area (Å²) in [5.74, 6) is -1.05. The minimum Gasteiger partial charge on any atom is -0.488 e. The Hall–Kier alpha value is -1.88. The molecule has 4 nitrogen and oxygen atoms in total. The van der Waals surface area contributed by atoms with E-state index in [0.717, 1.165) is 0 Å². The van der Waals surface area contributed by atoms with Gasteiger partial charge in [0.2, 0.25) is 0 Å². The second-order valence-corrected chi connectivity index (χ2v) is 3.77. The number of hydrogen-bond donors (Lipinski definition) is 1. The van der Waals surface area contributed by atoms with Crippen LogP contribution in [0.3, 0.4) is 0 Å². The third kappa shape index (κ3) is 4.55. The van der Waals surface area contributed by atoms with Crippen LogP contribution in [0.25, 0.3) is 0 Å². The zero-order valence-corrected chi connectivity index (χ0v) is 10.1. The van der Waals surface area contributed by atoms with E-state index in [1.165, 1.54) is 25.1 Å². The first-order valence-electron chi connectivity index (χ1n) is 5.38. The summed E-state index contributed by atoms with van der Waals surface area (Å²) in [4.78, 5) is 11.0. The van der Waals surface area contributed by atoms with Crippen LogP contribution in [0.15, 0.2) is 36.4 Å². The number of esters is 1. The highest BCUT2D eigenvalue weighted by atomic mass is 19.1. The first kappa shape index (κ1) is 14.2. The van der Waals surface area contributed by atoms with E-state index in [1.54, 1.807) is 6.07 Å². The molecule has 1 aromatic rings. The number of benzene rings is 1. The molecule has 0 aliphatic carbocycles. The number of halogens is 1. The standard InChI is InChI=1S/C13H15FO4/c1-9(2)13(16)18-8-10(15)7-17-12-6-4-3-5-11(12)14/h3-6,10,15H,1,7-8H2,2H3. The van der Waals surface area contributed by atoms with Crippen molar-refractivity contribution in [2.45, 2.75) is 13.0 Å². The minimum atomic E-state index is -1.02. The van der Waals surface area contributed by atoms with E-state index in [9.17, 15) is 14.3 Å². The van der Waals surface area contributed by atoms with Crippen molar-refractivity contribution in [1.29, 1.82) is 0 Å². The van der Waals surface area contributed by atoms with Gasteiger partial charge in [0.05, 0.1) is 0 Å². The van der Waals surface area contributed by atoms with Crippen molar-refractivity contribution in [3.8, 4) is 5.75 Å². The maximum atomic E-state index is 13.2. The molecule has 0 saturated heterocycles. The van der Waals surface area contributed by atoms with Crippen LogP contribution < -0.4 is 4.74 Å². The minimum absolute atomic E-state index is 0.0442. The molecular formula is C13H15FO4. The quantitative estimate of drug-likeness (QED) is 0.620. The number of para-hydroxylation sites is 1. The summed E-state index contributed by atoms with van der Waals surface area (Å²) in [7, 11) is 0. The lowest BCUT2D eigenvalue weighted by atomic mass is 10.3. The van der Waals surface area contributed by atoms with Gasteiger partial charge in [-0.3, -0.25) is 0 Å². The van der Waals surface area contributed by atoms with Gasteiger partial charge in [0.25, 0.3) is 0 Å². The molecule has 0 amide bonds. The fourth-order valence-electron chi connectivity index (χ4n) is 1.09. The molecule has 0 aromatic heterocycles. The van der Waals surface area contributed by atoms with Gasteiger partial charge in [-0.2, -0.15) is 0 Å². The molecule has 1 unspecified atom stereocenters. The van der Waals surface area contributed by atoms with Crippen molar-refractivity contribution in [2.75, 3.05) is 13.2 Å². The Balaban J connectivity index is 2.33. The number of carbonyl (C=O) groups excluding carboxylic acids is 1. The third-order valence-corrected chi connectivity index (χ3v) is 2.02. The molecule has 1 aromatic carbocycles. The van der Waals surface area contributed by atoms with Crippen LogP contribution in [-0.4, -0.2) is 30.4 Å². The molecular weight excluding hydrogens is 239 g/mol. The Morgan fingerprint density at radius 2 is 2.11 bits per heavy atom. The topological polar surface area (TPSA) is 55.8 Å². The lowest BCUT2D eigenvalue weighted by Crippen LogP contribution is -2.25. The summed E-state index contributed by atoms with van der Waals surface area (Å²) < 4.78 is 22.9. The average molecular weight is 254 g/mol. The molecule has 0 aliphatic heterocycles. The van der Waals surface area contributed by atoms with Crippen molar-refractivity contribution < 1.29 is 23.8 Å². The zero-order chi connectivity index (χ0) is 13.5. The molecule has 5 heteroatoms. The van der Waals surface area contributed by atoms with Gasteiger partial charge in [0.15, 0.2) is 11.6 Å². The van der Waals surface area contributed by atoms with Gasteiger partial charge in [0.1, 0.15) is 19.3 Å². The highest BCUT2D eigenvalue weighted by molar-refractivity contribution is 5.86. The van der Waals surface area contributed by atoms with Gasteiger partial charge >= 0.3 is 5.97 Å². The van der Waals surface area contributed by atoms with Crippen LogP contribution in [0.5, 0.6) is 5.75 Å². The number of aliphatic hydroxyl groups is 1. The van der Waals surface area contributed by atoms with Crippen LogP contribution in [-0.2, 0) is 9.53 Å². The van der Waals surface area contributed by atoms with E-state index in [-0.39, 0.29) is 24.5 Å². The van der Waals surface area contributed by atoms with Crippen LogP contribution >= 0.6 is 0 Å². The van der Waals surface area contributed by atoms with Crippen LogP contribution in [0.2, 0.25) is 0 Å². The average Bonchev–Trinajstić information content (AvgIpc) is 2.34. The summed E-state index contributed by atoms with van der Waals surface area (Å²) in [5, 5.41) is 9.48. The summed E-state index contributed by atoms with van der Waals surface area (Å²) in [5.41, 5.74) is 0.247. The largest absolute Gasteiger partial charge is 0.488 e. The number of ether oxygens (including phenoxy) is 2. The second kappa shape index (κ2) is 6.76. The van der Waals surface area contributed by atoms with E-state index in [4.69, 9.17) is 9.47 Å². The highest BCUT2D eigenvalue weighted by Gasteiger charge is 2.11. The van der Waals surface area contributed by atoms with Crippen molar-refractivity contribution in [2.24, 2.45) is 0 Å². The second-order valence-electron chi connectivity index (χ2n) is 3.77. The number of aliphatic hydroxyl groups excluding tert-OH is 1. The summed E-state index contributed by atoms with van der Waals surface area (Å²) in [6.07, 6.45) is -1.02. The lowest BCUT2D eigenvalue weighted by Gasteiger charge is -2.13. The third-order valence-electron chi connectivity index (χ3n) is 2.02. The van der Waals surface area contributed by atoms with Gasteiger partial charge in [-0.25, -0.2) is 9.18 Å². The number of rotatable bonds is 6. The molecule has 98 valence electrons. The zero-order valence-electron chi connectivity index (χ0n) is 10.1. The molecule has 18 heavy (non-hydrogen) atoms. The van der Waals surface area contributed by atoms with Crippen molar-refractivity contribution >= 4 is 5.97 Å². The molecule has 0 bridgehead atoms. The number of hydrogen-bond acceptors (Lipinski definition) is 4. The Bertz CT molecular complexity index is 431. The summed E-state index contributed by atoms with van der Waals surface area (Å²) in [6, 6.07) is 5.85. The Morgan fingerprint density at radius 1 is 1.44 bits per heavy atom. The van der Waals surface area contributed by atoms with Gasteiger partial charge in [-0.1, -0.05) is 18.7 Å². The molecule has 1 rings (SSSR count). The molecule has 0 heterocycles. The predicted molar refractivity (Wildman–Crippen MR) is 63.7 cm³/mol. The van der Waals surface area contributed by atoms with Crippen molar-refractivity contribution in [3.05, 3.63) is 42.2 Å². The van der Waals surface area contributed by atoms with Crippen LogP contribution in [0.1, 0.15) is 6.92 Å². The fourth-order valence-corrected chi connectivity index (χ4v) is 1.09. The SMILES string of the molecule is C=C(C)C(=O)OCC(O)COc1ccccc1F. The smallest absolute Gasteiger partial charge is 0.333 e. The molecule has 0 saturated carbocycles. The number of carbonyl (C=O) groups is 1. The monoisotopic (exact) mass is 254 g/mol. The maximum absolute atomic E-state index is 13.2. The molecule has 0 radical (unpaired) electrons. The fraction of sp³-hybridized carbons (Fsp3) is 0.308. The van der Waals surface area contributed by atoms with E-state index < -0.39 is 17.9 Å². The molecule has 1 atom stereocenters. The molecule has 1 N–H and O–H groups in total. The Kier molecular flexibility index (Phi) is 5.32. The molecule has 0 spiro atoms. The van der Waals surface area contributed by atoms with Crippen molar-refractivity contribution in [3.63, 3.8) is 0 Å². The predicted octanol–water partition coefficient (Wildman–Crippen LogP) is 1.68. The summed E-state index contributed by atoms with van der Waals surface area (Å²) >= 11 is 0. The first-order chi connectivity index (χ1) is 8.50. The van der Waals surface area contributed by atoms with E-state index >= 15 is 0 Å². The van der Waals surface area contributed by atoms with Gasteiger partial charge < -0.3 is 14.6 Å². The van der Waals surface area contributed by atoms with Gasteiger partial charge in [0, 0.05) is 5.57 Å². The normalized spacial score (nSPS) is 11.7. The van der Waals surface area contributed by atoms with Gasteiger partial charge in [-0.15, -0.1) is 0 Å².